The van der Waals surface area contributed by atoms with Crippen molar-refractivity contribution in [1.29, 1.82) is 0 Å². The first-order valence-corrected chi connectivity index (χ1v) is 10.7. The Morgan fingerprint density at radius 1 is 1.00 bits per heavy atom. The second-order valence-electron chi connectivity index (χ2n) is 7.47. The minimum atomic E-state index is -0.464. The Balaban J connectivity index is 1.93. The molecule has 0 bridgehead atoms. The molecule has 0 atom stereocenters. The largest absolute Gasteiger partial charge is 0.493 e. The Morgan fingerprint density at radius 2 is 1.67 bits per heavy atom. The second kappa shape index (κ2) is 10.4. The van der Waals surface area contributed by atoms with Gasteiger partial charge in [0.15, 0.2) is 17.3 Å². The minimum Gasteiger partial charge on any atom is -0.493 e. The van der Waals surface area contributed by atoms with Crippen molar-refractivity contribution in [3.8, 4) is 11.5 Å². The van der Waals surface area contributed by atoms with Gasteiger partial charge in [0.2, 0.25) is 0 Å². The van der Waals surface area contributed by atoms with Crippen LogP contribution in [-0.2, 0) is 13.0 Å². The zero-order valence-electron chi connectivity index (χ0n) is 18.9. The van der Waals surface area contributed by atoms with Crippen LogP contribution in [0.15, 0.2) is 53.3 Å². The van der Waals surface area contributed by atoms with E-state index in [0.717, 1.165) is 5.56 Å². The molecular weight excluding hydrogens is 444 g/mol. The van der Waals surface area contributed by atoms with Crippen molar-refractivity contribution in [2.24, 2.45) is 0 Å². The number of methoxy groups -OCH3 is 2. The molecule has 8 heteroatoms. The standard InChI is InChI=1S/C25H25ClN2O5/c1-15-20(16(2)29)14-21(27-24(30)18-6-8-19(26)9-7-18)25(31)28(15)12-11-17-5-10-22(32-3)23(13-17)33-4/h5-10,13-14H,11-12H2,1-4H3,(H,27,30). The smallest absolute Gasteiger partial charge is 0.274 e. The molecule has 3 aromatic rings. The average Bonchev–Trinajstić information content (AvgIpc) is 2.80. The van der Waals surface area contributed by atoms with Crippen molar-refractivity contribution in [3.63, 3.8) is 0 Å². The number of hydrogen-bond donors (Lipinski definition) is 1. The molecule has 0 aliphatic heterocycles. The fraction of sp³-hybridized carbons (Fsp3) is 0.240. The third kappa shape index (κ3) is 5.43. The zero-order valence-corrected chi connectivity index (χ0v) is 19.7. The molecule has 0 spiro atoms. The molecule has 1 N–H and O–H groups in total. The number of halogens is 1. The Morgan fingerprint density at radius 3 is 2.27 bits per heavy atom. The van der Waals surface area contributed by atoms with Gasteiger partial charge >= 0.3 is 0 Å². The number of aryl methyl sites for hydroxylation is 1. The van der Waals surface area contributed by atoms with Gasteiger partial charge in [-0.2, -0.15) is 0 Å². The van der Waals surface area contributed by atoms with Crippen LogP contribution >= 0.6 is 11.6 Å². The van der Waals surface area contributed by atoms with Crippen LogP contribution in [0, 0.1) is 6.92 Å². The van der Waals surface area contributed by atoms with E-state index in [1.165, 1.54) is 17.6 Å². The molecule has 1 amide bonds. The van der Waals surface area contributed by atoms with Crippen LogP contribution in [0.4, 0.5) is 5.69 Å². The van der Waals surface area contributed by atoms with Gasteiger partial charge in [0.25, 0.3) is 11.5 Å². The number of pyridine rings is 1. The lowest BCUT2D eigenvalue weighted by Gasteiger charge is -2.16. The molecule has 0 aliphatic carbocycles. The highest BCUT2D eigenvalue weighted by Crippen LogP contribution is 2.28. The van der Waals surface area contributed by atoms with E-state index in [2.05, 4.69) is 5.32 Å². The molecule has 0 saturated carbocycles. The fourth-order valence-corrected chi connectivity index (χ4v) is 3.67. The number of anilines is 1. The summed E-state index contributed by atoms with van der Waals surface area (Å²) in [5.41, 5.74) is 1.84. The number of aromatic nitrogens is 1. The van der Waals surface area contributed by atoms with E-state index in [0.29, 0.717) is 46.3 Å². The van der Waals surface area contributed by atoms with E-state index in [9.17, 15) is 14.4 Å². The minimum absolute atomic E-state index is 0.0399. The Hall–Kier alpha value is -3.58. The molecule has 0 aliphatic rings. The van der Waals surface area contributed by atoms with Crippen LogP contribution in [0.1, 0.15) is 38.9 Å². The highest BCUT2D eigenvalue weighted by atomic mass is 35.5. The maximum Gasteiger partial charge on any atom is 0.274 e. The Kier molecular flexibility index (Phi) is 7.55. The summed E-state index contributed by atoms with van der Waals surface area (Å²) >= 11 is 5.88. The predicted octanol–water partition coefficient (Wildman–Crippen LogP) is 4.52. The van der Waals surface area contributed by atoms with Crippen molar-refractivity contribution in [2.75, 3.05) is 19.5 Å². The van der Waals surface area contributed by atoms with Crippen molar-refractivity contribution in [3.05, 3.63) is 86.3 Å². The third-order valence-electron chi connectivity index (χ3n) is 5.36. The Bertz CT molecular complexity index is 1250. The van der Waals surface area contributed by atoms with Gasteiger partial charge in [0.05, 0.1) is 14.2 Å². The maximum atomic E-state index is 13.2. The first kappa shape index (κ1) is 24.1. The van der Waals surface area contributed by atoms with Gasteiger partial charge in [0.1, 0.15) is 5.69 Å². The van der Waals surface area contributed by atoms with Crippen LogP contribution in [0.3, 0.4) is 0 Å². The number of nitrogens with one attached hydrogen (secondary N) is 1. The van der Waals surface area contributed by atoms with Crippen molar-refractivity contribution in [2.45, 2.75) is 26.8 Å². The second-order valence-corrected chi connectivity index (χ2v) is 7.91. The summed E-state index contributed by atoms with van der Waals surface area (Å²) in [6.07, 6.45) is 0.507. The number of carbonyl (C=O) groups is 2. The average molecular weight is 469 g/mol. The number of benzene rings is 2. The van der Waals surface area contributed by atoms with E-state index >= 15 is 0 Å². The maximum absolute atomic E-state index is 13.2. The van der Waals surface area contributed by atoms with E-state index in [4.69, 9.17) is 21.1 Å². The van der Waals surface area contributed by atoms with Crippen LogP contribution in [-0.4, -0.2) is 30.5 Å². The highest BCUT2D eigenvalue weighted by molar-refractivity contribution is 6.30. The summed E-state index contributed by atoms with van der Waals surface area (Å²) < 4.78 is 12.1. The lowest BCUT2D eigenvalue weighted by molar-refractivity contribution is 0.100. The summed E-state index contributed by atoms with van der Waals surface area (Å²) in [7, 11) is 3.12. The molecule has 0 fully saturated rings. The summed E-state index contributed by atoms with van der Waals surface area (Å²) in [6.45, 7) is 3.46. The van der Waals surface area contributed by atoms with Gasteiger partial charge in [-0.05, 0) is 68.3 Å². The monoisotopic (exact) mass is 468 g/mol. The molecule has 3 rings (SSSR count). The van der Waals surface area contributed by atoms with Crippen molar-refractivity contribution >= 4 is 29.0 Å². The van der Waals surface area contributed by atoms with E-state index in [1.54, 1.807) is 51.5 Å². The third-order valence-corrected chi connectivity index (χ3v) is 5.62. The molecule has 33 heavy (non-hydrogen) atoms. The molecular formula is C25H25ClN2O5. The molecule has 172 valence electrons. The quantitative estimate of drug-likeness (QED) is 0.491. The lowest BCUT2D eigenvalue weighted by Crippen LogP contribution is -2.30. The normalized spacial score (nSPS) is 10.6. The van der Waals surface area contributed by atoms with Gasteiger partial charge in [-0.1, -0.05) is 17.7 Å². The van der Waals surface area contributed by atoms with Gasteiger partial charge in [-0.25, -0.2) is 0 Å². The van der Waals surface area contributed by atoms with Gasteiger partial charge in [0, 0.05) is 28.4 Å². The lowest BCUT2D eigenvalue weighted by atomic mass is 10.1. The van der Waals surface area contributed by atoms with Gasteiger partial charge in [-0.3, -0.25) is 14.4 Å². The molecule has 1 aromatic heterocycles. The first-order valence-electron chi connectivity index (χ1n) is 10.3. The summed E-state index contributed by atoms with van der Waals surface area (Å²) in [4.78, 5) is 38.1. The van der Waals surface area contributed by atoms with Crippen molar-refractivity contribution < 1.29 is 19.1 Å². The fourth-order valence-electron chi connectivity index (χ4n) is 3.54. The van der Waals surface area contributed by atoms with E-state index in [-0.39, 0.29) is 17.0 Å². The van der Waals surface area contributed by atoms with Crippen LogP contribution in [0.5, 0.6) is 11.5 Å². The molecule has 2 aromatic carbocycles. The SMILES string of the molecule is COc1ccc(CCn2c(C)c(C(C)=O)cc(NC(=O)c3ccc(Cl)cc3)c2=O)cc1OC. The summed E-state index contributed by atoms with van der Waals surface area (Å²) in [5.74, 6) is 0.538. The number of Topliss-reactive ketones (excluding diaryl/α,β-unsaturated/α-hetero) is 1. The zero-order chi connectivity index (χ0) is 24.1. The highest BCUT2D eigenvalue weighted by Gasteiger charge is 2.17. The van der Waals surface area contributed by atoms with Gasteiger partial charge in [-0.15, -0.1) is 0 Å². The van der Waals surface area contributed by atoms with E-state index < -0.39 is 5.91 Å². The van der Waals surface area contributed by atoms with E-state index in [1.807, 2.05) is 12.1 Å². The number of hydrogen-bond acceptors (Lipinski definition) is 5. The number of nitrogens with zero attached hydrogens (tertiary/aromatic N) is 1. The molecule has 1 heterocycles. The van der Waals surface area contributed by atoms with Crippen LogP contribution in [0.2, 0.25) is 5.02 Å². The number of ketones is 1. The van der Waals surface area contributed by atoms with Crippen molar-refractivity contribution in [1.82, 2.24) is 4.57 Å². The van der Waals surface area contributed by atoms with Crippen LogP contribution in [0.25, 0.3) is 0 Å². The molecule has 0 radical (unpaired) electrons. The number of ether oxygens (including phenoxy) is 2. The first-order chi connectivity index (χ1) is 15.7. The number of amides is 1. The molecule has 0 unspecified atom stereocenters. The summed E-state index contributed by atoms with van der Waals surface area (Å²) in [6, 6.07) is 13.3. The topological polar surface area (TPSA) is 86.6 Å². The summed E-state index contributed by atoms with van der Waals surface area (Å²) in [5, 5.41) is 3.13. The predicted molar refractivity (Wildman–Crippen MR) is 128 cm³/mol. The molecule has 7 nitrogen and oxygen atoms in total. The van der Waals surface area contributed by atoms with Crippen LogP contribution < -0.4 is 20.3 Å². The van der Waals surface area contributed by atoms with Gasteiger partial charge < -0.3 is 19.4 Å². The molecule has 0 saturated heterocycles. The number of rotatable bonds is 8. The number of carbonyl (C=O) groups excluding carboxylic acids is 2. The Labute approximate surface area is 196 Å².